The van der Waals surface area contributed by atoms with Crippen molar-refractivity contribution in [2.45, 2.75) is 6.54 Å². The second-order valence-electron chi connectivity index (χ2n) is 3.62. The number of benzene rings is 1. The van der Waals surface area contributed by atoms with Crippen molar-refractivity contribution in [2.24, 2.45) is 0 Å². The Bertz CT molecular complexity index is 612. The predicted octanol–water partition coefficient (Wildman–Crippen LogP) is 1.27. The fraction of sp³-hybridized carbons (Fsp3) is 0.0909. The Hall–Kier alpha value is -2.41. The van der Waals surface area contributed by atoms with Crippen molar-refractivity contribution in [1.29, 1.82) is 0 Å². The first-order chi connectivity index (χ1) is 9.08. The Kier molecular flexibility index (Phi) is 3.76. The molecule has 2 N–H and O–H groups in total. The minimum atomic E-state index is -1.21. The summed E-state index contributed by atoms with van der Waals surface area (Å²) in [6.07, 6.45) is 2.96. The monoisotopic (exact) mass is 280 g/mol. The number of aromatic nitrogens is 3. The summed E-state index contributed by atoms with van der Waals surface area (Å²) in [5.41, 5.74) is 0.00113. The smallest absolute Gasteiger partial charge is 0.339 e. The van der Waals surface area contributed by atoms with E-state index in [1.807, 2.05) is 0 Å². The number of nitrogens with one attached hydrogen (secondary N) is 1. The van der Waals surface area contributed by atoms with Crippen LogP contribution in [-0.2, 0) is 11.3 Å². The van der Waals surface area contributed by atoms with Crippen molar-refractivity contribution in [3.8, 4) is 0 Å². The van der Waals surface area contributed by atoms with Crippen LogP contribution in [-0.4, -0.2) is 32.0 Å². The SMILES string of the molecule is O=C(Cn1ccnn1)Nc1cccc(Cl)c1C(=O)O. The van der Waals surface area contributed by atoms with Gasteiger partial charge in [-0.25, -0.2) is 9.48 Å². The van der Waals surface area contributed by atoms with Crippen molar-refractivity contribution in [2.75, 3.05) is 5.32 Å². The van der Waals surface area contributed by atoms with Crippen LogP contribution >= 0.6 is 11.6 Å². The van der Waals surface area contributed by atoms with Crippen LogP contribution in [0.15, 0.2) is 30.6 Å². The molecule has 0 aliphatic rings. The second kappa shape index (κ2) is 5.49. The Labute approximate surface area is 112 Å². The zero-order valence-electron chi connectivity index (χ0n) is 9.58. The first-order valence-electron chi connectivity index (χ1n) is 5.23. The molecule has 7 nitrogen and oxygen atoms in total. The maximum atomic E-state index is 11.7. The summed E-state index contributed by atoms with van der Waals surface area (Å²) in [5, 5.41) is 18.8. The van der Waals surface area contributed by atoms with Gasteiger partial charge in [0.05, 0.1) is 16.9 Å². The molecule has 98 valence electrons. The normalized spacial score (nSPS) is 10.2. The maximum Gasteiger partial charge on any atom is 0.339 e. The summed E-state index contributed by atoms with van der Waals surface area (Å²) in [5.74, 6) is -1.63. The highest BCUT2D eigenvalue weighted by atomic mass is 35.5. The van der Waals surface area contributed by atoms with Crippen LogP contribution in [0.25, 0.3) is 0 Å². The maximum absolute atomic E-state index is 11.7. The van der Waals surface area contributed by atoms with Gasteiger partial charge in [0.1, 0.15) is 12.1 Å². The molecule has 1 heterocycles. The number of anilines is 1. The lowest BCUT2D eigenvalue weighted by Crippen LogP contribution is -2.20. The summed E-state index contributed by atoms with van der Waals surface area (Å²) in [7, 11) is 0. The molecule has 0 spiro atoms. The molecule has 0 unspecified atom stereocenters. The topological polar surface area (TPSA) is 97.1 Å². The Morgan fingerprint density at radius 2 is 2.21 bits per heavy atom. The number of hydrogen-bond donors (Lipinski definition) is 2. The molecule has 0 saturated heterocycles. The standard InChI is InChI=1S/C11H9ClN4O3/c12-7-2-1-3-8(10(7)11(18)19)14-9(17)6-16-5-4-13-15-16/h1-5H,6H2,(H,14,17)(H,18,19). The highest BCUT2D eigenvalue weighted by molar-refractivity contribution is 6.34. The molecule has 19 heavy (non-hydrogen) atoms. The highest BCUT2D eigenvalue weighted by Crippen LogP contribution is 2.24. The summed E-state index contributed by atoms with van der Waals surface area (Å²) < 4.78 is 1.32. The lowest BCUT2D eigenvalue weighted by Gasteiger charge is -2.09. The number of carboxylic acid groups (broad SMARTS) is 1. The van der Waals surface area contributed by atoms with Gasteiger partial charge in [0.15, 0.2) is 0 Å². The third-order valence-corrected chi connectivity index (χ3v) is 2.59. The van der Waals surface area contributed by atoms with Gasteiger partial charge >= 0.3 is 5.97 Å². The summed E-state index contributed by atoms with van der Waals surface area (Å²) >= 11 is 5.79. The van der Waals surface area contributed by atoms with Crippen molar-refractivity contribution in [1.82, 2.24) is 15.0 Å². The largest absolute Gasteiger partial charge is 0.478 e. The molecule has 0 fully saturated rings. The Balaban J connectivity index is 2.17. The molecule has 0 aliphatic heterocycles. The van der Waals surface area contributed by atoms with E-state index in [0.29, 0.717) is 0 Å². The number of rotatable bonds is 4. The van der Waals surface area contributed by atoms with E-state index in [1.54, 1.807) is 6.07 Å². The van der Waals surface area contributed by atoms with Crippen LogP contribution in [0.1, 0.15) is 10.4 Å². The number of nitrogens with zero attached hydrogens (tertiary/aromatic N) is 3. The van der Waals surface area contributed by atoms with E-state index in [1.165, 1.54) is 29.2 Å². The number of hydrogen-bond acceptors (Lipinski definition) is 4. The summed E-state index contributed by atoms with van der Waals surface area (Å²) in [4.78, 5) is 22.8. The molecule has 0 saturated carbocycles. The van der Waals surface area contributed by atoms with Crippen LogP contribution < -0.4 is 5.32 Å². The molecule has 1 aromatic heterocycles. The Morgan fingerprint density at radius 1 is 1.42 bits per heavy atom. The van der Waals surface area contributed by atoms with Crippen molar-refractivity contribution >= 4 is 29.2 Å². The second-order valence-corrected chi connectivity index (χ2v) is 4.02. The molecule has 2 aromatic rings. The third-order valence-electron chi connectivity index (χ3n) is 2.28. The average molecular weight is 281 g/mol. The molecular formula is C11H9ClN4O3. The van der Waals surface area contributed by atoms with Gasteiger partial charge in [0.25, 0.3) is 0 Å². The molecule has 0 atom stereocenters. The average Bonchev–Trinajstić information content (AvgIpc) is 2.81. The van der Waals surface area contributed by atoms with Crippen LogP contribution in [0.5, 0.6) is 0 Å². The van der Waals surface area contributed by atoms with Crippen molar-refractivity contribution in [3.63, 3.8) is 0 Å². The zero-order valence-corrected chi connectivity index (χ0v) is 10.3. The fourth-order valence-electron chi connectivity index (χ4n) is 1.50. The third kappa shape index (κ3) is 3.08. The molecular weight excluding hydrogens is 272 g/mol. The van der Waals surface area contributed by atoms with Gasteiger partial charge in [0.2, 0.25) is 5.91 Å². The highest BCUT2D eigenvalue weighted by Gasteiger charge is 2.16. The van der Waals surface area contributed by atoms with E-state index >= 15 is 0 Å². The molecule has 0 bridgehead atoms. The van der Waals surface area contributed by atoms with Crippen LogP contribution in [0.4, 0.5) is 5.69 Å². The lowest BCUT2D eigenvalue weighted by atomic mass is 10.2. The van der Waals surface area contributed by atoms with Gasteiger partial charge in [-0.15, -0.1) is 5.10 Å². The van der Waals surface area contributed by atoms with Gasteiger partial charge in [0, 0.05) is 6.20 Å². The first kappa shape index (κ1) is 13.0. The Morgan fingerprint density at radius 3 is 2.84 bits per heavy atom. The van der Waals surface area contributed by atoms with Gasteiger partial charge in [-0.1, -0.05) is 22.9 Å². The quantitative estimate of drug-likeness (QED) is 0.879. The molecule has 1 aromatic carbocycles. The number of aromatic carboxylic acids is 1. The van der Waals surface area contributed by atoms with Gasteiger partial charge in [-0.05, 0) is 12.1 Å². The van der Waals surface area contributed by atoms with Gasteiger partial charge in [-0.2, -0.15) is 0 Å². The number of amides is 1. The molecule has 2 rings (SSSR count). The van der Waals surface area contributed by atoms with E-state index in [2.05, 4.69) is 15.6 Å². The zero-order chi connectivity index (χ0) is 13.8. The fourth-order valence-corrected chi connectivity index (χ4v) is 1.75. The molecule has 8 heteroatoms. The van der Waals surface area contributed by atoms with E-state index < -0.39 is 11.9 Å². The van der Waals surface area contributed by atoms with Crippen LogP contribution in [0, 0.1) is 0 Å². The van der Waals surface area contributed by atoms with Gasteiger partial charge < -0.3 is 10.4 Å². The lowest BCUT2D eigenvalue weighted by molar-refractivity contribution is -0.116. The number of carboxylic acids is 1. The van der Waals surface area contributed by atoms with E-state index in [0.717, 1.165) is 0 Å². The minimum absolute atomic E-state index is 0.0612. The van der Waals surface area contributed by atoms with Crippen molar-refractivity contribution in [3.05, 3.63) is 41.2 Å². The van der Waals surface area contributed by atoms with Crippen LogP contribution in [0.3, 0.4) is 0 Å². The number of carbonyl (C=O) groups is 2. The summed E-state index contributed by atoms with van der Waals surface area (Å²) in [6, 6.07) is 4.46. The van der Waals surface area contributed by atoms with Crippen molar-refractivity contribution < 1.29 is 14.7 Å². The van der Waals surface area contributed by atoms with E-state index in [4.69, 9.17) is 16.7 Å². The van der Waals surface area contributed by atoms with E-state index in [-0.39, 0.29) is 22.8 Å². The number of halogens is 1. The molecule has 1 amide bonds. The van der Waals surface area contributed by atoms with E-state index in [9.17, 15) is 9.59 Å². The minimum Gasteiger partial charge on any atom is -0.478 e. The number of carbonyl (C=O) groups excluding carboxylic acids is 1. The first-order valence-corrected chi connectivity index (χ1v) is 5.61. The summed E-state index contributed by atoms with van der Waals surface area (Å²) in [6.45, 7) is -0.0639. The van der Waals surface area contributed by atoms with Crippen LogP contribution in [0.2, 0.25) is 5.02 Å². The molecule has 0 aliphatic carbocycles. The predicted molar refractivity (Wildman–Crippen MR) is 67.1 cm³/mol. The molecule has 0 radical (unpaired) electrons. The van der Waals surface area contributed by atoms with Gasteiger partial charge in [-0.3, -0.25) is 4.79 Å².